The van der Waals surface area contributed by atoms with Gasteiger partial charge in [0.15, 0.2) is 0 Å². The van der Waals surface area contributed by atoms with Crippen LogP contribution in [0.3, 0.4) is 0 Å². The highest BCUT2D eigenvalue weighted by molar-refractivity contribution is 7.03. The van der Waals surface area contributed by atoms with Crippen LogP contribution >= 0.6 is 0 Å². The molecule has 2 nitrogen and oxygen atoms in total. The molecule has 35 heavy (non-hydrogen) atoms. The van der Waals surface area contributed by atoms with Gasteiger partial charge in [-0.15, -0.1) is 0 Å². The number of fused-ring (bicyclic) bond motifs is 3. The Morgan fingerprint density at radius 2 is 0.971 bits per heavy atom. The molecular formula is C32H28N2Si. The molecular weight excluding hydrogens is 440 g/mol. The van der Waals surface area contributed by atoms with Crippen LogP contribution in [0.5, 0.6) is 0 Å². The number of nitrogens with one attached hydrogen (secondary N) is 2. The standard InChI is InChI=1S/C32H28N2Si/c1-35(2)31-16-10-9-15-29(31)30-18-17-23(21-32(30)35)24-19-27(33-25-11-5-3-6-12-25)22-28(20-24)34-26-13-7-4-8-14-26/h3-22,33-34H,1-2H3. The fourth-order valence-electron chi connectivity index (χ4n) is 5.20. The topological polar surface area (TPSA) is 24.1 Å². The highest BCUT2D eigenvalue weighted by Gasteiger charge is 2.37. The summed E-state index contributed by atoms with van der Waals surface area (Å²) in [7, 11) is -1.73. The van der Waals surface area contributed by atoms with Gasteiger partial charge in [0.1, 0.15) is 8.07 Å². The molecule has 0 aliphatic carbocycles. The van der Waals surface area contributed by atoms with Gasteiger partial charge in [0, 0.05) is 22.7 Å². The molecule has 2 N–H and O–H groups in total. The Bertz CT molecular complexity index is 1450. The van der Waals surface area contributed by atoms with Crippen molar-refractivity contribution in [2.75, 3.05) is 10.6 Å². The van der Waals surface area contributed by atoms with E-state index in [0.29, 0.717) is 0 Å². The fraction of sp³-hybridized carbons (Fsp3) is 0.0625. The third kappa shape index (κ3) is 4.05. The lowest BCUT2D eigenvalue weighted by atomic mass is 9.99. The van der Waals surface area contributed by atoms with E-state index in [9.17, 15) is 0 Å². The quantitative estimate of drug-likeness (QED) is 0.259. The van der Waals surface area contributed by atoms with E-state index < -0.39 is 8.07 Å². The summed E-state index contributed by atoms with van der Waals surface area (Å²) in [5.74, 6) is 0. The third-order valence-electron chi connectivity index (χ3n) is 6.97. The molecule has 0 saturated carbocycles. The second-order valence-electron chi connectivity index (χ2n) is 9.71. The van der Waals surface area contributed by atoms with Crippen LogP contribution in [0.15, 0.2) is 121 Å². The zero-order chi connectivity index (χ0) is 23.8. The van der Waals surface area contributed by atoms with Gasteiger partial charge in [-0.2, -0.15) is 0 Å². The Kier molecular flexibility index (Phi) is 5.27. The summed E-state index contributed by atoms with van der Waals surface area (Å²) < 4.78 is 0. The normalized spacial score (nSPS) is 13.1. The fourth-order valence-corrected chi connectivity index (χ4v) is 8.30. The van der Waals surface area contributed by atoms with Gasteiger partial charge in [-0.3, -0.25) is 0 Å². The van der Waals surface area contributed by atoms with Crippen LogP contribution in [0.4, 0.5) is 22.7 Å². The van der Waals surface area contributed by atoms with Crippen LogP contribution in [0, 0.1) is 0 Å². The first-order chi connectivity index (χ1) is 17.1. The number of benzene rings is 5. The average molecular weight is 469 g/mol. The molecule has 0 fully saturated rings. The smallest absolute Gasteiger partial charge is 0.113 e. The molecule has 0 amide bonds. The molecule has 0 unspecified atom stereocenters. The molecule has 5 aromatic rings. The third-order valence-corrected chi connectivity index (χ3v) is 10.5. The maximum Gasteiger partial charge on any atom is 0.113 e. The number of anilines is 4. The monoisotopic (exact) mass is 468 g/mol. The van der Waals surface area contributed by atoms with Crippen LogP contribution < -0.4 is 21.0 Å². The lowest BCUT2D eigenvalue weighted by Gasteiger charge is -2.20. The van der Waals surface area contributed by atoms with Crippen LogP contribution in [0.25, 0.3) is 22.3 Å². The number of rotatable bonds is 5. The van der Waals surface area contributed by atoms with Gasteiger partial charge in [-0.25, -0.2) is 0 Å². The van der Waals surface area contributed by atoms with Crippen molar-refractivity contribution in [2.45, 2.75) is 13.1 Å². The van der Waals surface area contributed by atoms with Gasteiger partial charge in [0.25, 0.3) is 0 Å². The van der Waals surface area contributed by atoms with Crippen molar-refractivity contribution in [3.63, 3.8) is 0 Å². The average Bonchev–Trinajstić information content (AvgIpc) is 3.12. The second-order valence-corrected chi connectivity index (χ2v) is 14.0. The largest absolute Gasteiger partial charge is 0.355 e. The van der Waals surface area contributed by atoms with Crippen molar-refractivity contribution in [2.24, 2.45) is 0 Å². The summed E-state index contributed by atoms with van der Waals surface area (Å²) in [6, 6.07) is 43.3. The summed E-state index contributed by atoms with van der Waals surface area (Å²) in [4.78, 5) is 0. The van der Waals surface area contributed by atoms with Crippen LogP contribution in [0.1, 0.15) is 0 Å². The summed E-state index contributed by atoms with van der Waals surface area (Å²) in [5, 5.41) is 10.2. The molecule has 1 heterocycles. The molecule has 6 rings (SSSR count). The summed E-state index contributed by atoms with van der Waals surface area (Å²) >= 11 is 0. The minimum Gasteiger partial charge on any atom is -0.355 e. The van der Waals surface area contributed by atoms with E-state index >= 15 is 0 Å². The lowest BCUT2D eigenvalue weighted by molar-refractivity contribution is 1.51. The number of hydrogen-bond donors (Lipinski definition) is 2. The molecule has 170 valence electrons. The molecule has 0 spiro atoms. The summed E-state index contributed by atoms with van der Waals surface area (Å²) in [6.45, 7) is 4.94. The van der Waals surface area contributed by atoms with Gasteiger partial charge in [0.2, 0.25) is 0 Å². The summed E-state index contributed by atoms with van der Waals surface area (Å²) in [5.41, 5.74) is 9.55. The molecule has 0 bridgehead atoms. The minimum atomic E-state index is -1.73. The maximum atomic E-state index is 3.59. The van der Waals surface area contributed by atoms with Gasteiger partial charge in [-0.05, 0) is 75.1 Å². The number of hydrogen-bond acceptors (Lipinski definition) is 2. The molecule has 0 atom stereocenters. The first-order valence-corrected chi connectivity index (χ1v) is 15.1. The van der Waals surface area contributed by atoms with Crippen LogP contribution in [-0.4, -0.2) is 8.07 Å². The van der Waals surface area contributed by atoms with Gasteiger partial charge in [0.05, 0.1) is 0 Å². The molecule has 0 radical (unpaired) electrons. The maximum absolute atomic E-state index is 3.59. The Hall–Kier alpha value is -4.08. The molecule has 0 aromatic heterocycles. The van der Waals surface area contributed by atoms with Crippen molar-refractivity contribution in [1.29, 1.82) is 0 Å². The zero-order valence-corrected chi connectivity index (χ0v) is 21.0. The predicted octanol–water partition coefficient (Wildman–Crippen LogP) is 7.64. The Labute approximate surface area is 208 Å². The van der Waals surface area contributed by atoms with E-state index in [0.717, 1.165) is 22.7 Å². The highest BCUT2D eigenvalue weighted by atomic mass is 28.3. The van der Waals surface area contributed by atoms with E-state index in [4.69, 9.17) is 0 Å². The SMILES string of the molecule is C[Si]1(C)c2ccccc2-c2ccc(-c3cc(Nc4ccccc4)cc(Nc4ccccc4)c3)cc21. The van der Waals surface area contributed by atoms with Crippen molar-refractivity contribution in [3.8, 4) is 22.3 Å². The molecule has 3 heteroatoms. The van der Waals surface area contributed by atoms with Gasteiger partial charge in [-0.1, -0.05) is 92.0 Å². The van der Waals surface area contributed by atoms with Gasteiger partial charge >= 0.3 is 0 Å². The van der Waals surface area contributed by atoms with E-state index in [1.165, 1.54) is 32.6 Å². The van der Waals surface area contributed by atoms with Crippen molar-refractivity contribution < 1.29 is 0 Å². The summed E-state index contributed by atoms with van der Waals surface area (Å²) in [6.07, 6.45) is 0. The van der Waals surface area contributed by atoms with Gasteiger partial charge < -0.3 is 10.6 Å². The highest BCUT2D eigenvalue weighted by Crippen LogP contribution is 2.34. The Morgan fingerprint density at radius 3 is 1.60 bits per heavy atom. The van der Waals surface area contributed by atoms with Crippen LogP contribution in [0.2, 0.25) is 13.1 Å². The first-order valence-electron chi connectivity index (χ1n) is 12.1. The van der Waals surface area contributed by atoms with Crippen molar-refractivity contribution >= 4 is 41.2 Å². The predicted molar refractivity (Wildman–Crippen MR) is 154 cm³/mol. The van der Waals surface area contributed by atoms with Crippen molar-refractivity contribution in [3.05, 3.63) is 121 Å². The van der Waals surface area contributed by atoms with E-state index in [-0.39, 0.29) is 0 Å². The molecule has 0 saturated heterocycles. The van der Waals surface area contributed by atoms with E-state index in [1.54, 1.807) is 0 Å². The Morgan fingerprint density at radius 1 is 0.429 bits per heavy atom. The molecule has 1 aliphatic heterocycles. The molecule has 1 aliphatic rings. The Balaban J connectivity index is 1.44. The zero-order valence-electron chi connectivity index (χ0n) is 20.0. The van der Waals surface area contributed by atoms with Crippen LogP contribution in [-0.2, 0) is 0 Å². The number of para-hydroxylation sites is 2. The minimum absolute atomic E-state index is 1.06. The molecule has 5 aromatic carbocycles. The first kappa shape index (κ1) is 21.5. The van der Waals surface area contributed by atoms with E-state index in [1.807, 2.05) is 12.1 Å². The van der Waals surface area contributed by atoms with Crippen molar-refractivity contribution in [1.82, 2.24) is 0 Å². The van der Waals surface area contributed by atoms with E-state index in [2.05, 4.69) is 133 Å². The second kappa shape index (κ2) is 8.61. The lowest BCUT2D eigenvalue weighted by Crippen LogP contribution is -2.49.